The van der Waals surface area contributed by atoms with E-state index in [1.165, 1.54) is 6.07 Å². The number of amides is 2. The van der Waals surface area contributed by atoms with E-state index in [4.69, 9.17) is 4.42 Å². The number of oxazole rings is 1. The Labute approximate surface area is 157 Å². The van der Waals surface area contributed by atoms with Crippen LogP contribution in [0.3, 0.4) is 0 Å². The quantitative estimate of drug-likeness (QED) is 0.811. The van der Waals surface area contributed by atoms with Crippen LogP contribution >= 0.6 is 0 Å². The third-order valence-electron chi connectivity index (χ3n) is 5.25. The zero-order valence-electron chi connectivity index (χ0n) is 15.1. The van der Waals surface area contributed by atoms with E-state index in [1.54, 1.807) is 34.2 Å². The van der Waals surface area contributed by atoms with E-state index < -0.39 is 0 Å². The third kappa shape index (κ3) is 3.72. The molecule has 2 aliphatic heterocycles. The van der Waals surface area contributed by atoms with E-state index in [1.807, 2.05) is 0 Å². The second-order valence-electron chi connectivity index (χ2n) is 7.10. The van der Waals surface area contributed by atoms with Crippen molar-refractivity contribution < 1.29 is 18.4 Å². The maximum atomic E-state index is 13.8. The standard InChI is InChI=1S/C20H22FN3O3/c21-16-6-2-1-5-14(16)11-15-12-22-20(27-15)17-7-3-10-24(17)19(26)13-23-9-4-8-18(23)25/h1-2,5-6,12,17H,3-4,7-11,13H2/t17-/m0/s1. The highest BCUT2D eigenvalue weighted by Gasteiger charge is 2.35. The highest BCUT2D eigenvalue weighted by molar-refractivity contribution is 5.86. The molecule has 3 heterocycles. The molecule has 0 radical (unpaired) electrons. The predicted octanol–water partition coefficient (Wildman–Crippen LogP) is 2.69. The molecule has 0 unspecified atom stereocenters. The van der Waals surface area contributed by atoms with Crippen molar-refractivity contribution in [3.05, 3.63) is 53.5 Å². The first-order chi connectivity index (χ1) is 13.1. The van der Waals surface area contributed by atoms with E-state index in [9.17, 15) is 14.0 Å². The van der Waals surface area contributed by atoms with Crippen LogP contribution in [0.2, 0.25) is 0 Å². The Morgan fingerprint density at radius 3 is 2.89 bits per heavy atom. The number of carbonyl (C=O) groups is 2. The van der Waals surface area contributed by atoms with Crippen molar-refractivity contribution in [2.45, 2.75) is 38.1 Å². The monoisotopic (exact) mass is 371 g/mol. The number of rotatable bonds is 5. The summed E-state index contributed by atoms with van der Waals surface area (Å²) in [5.41, 5.74) is 0.548. The SMILES string of the molecule is O=C1CCCN1CC(=O)N1CCC[C@H]1c1ncc(Cc2ccccc2F)o1. The Bertz CT molecular complexity index is 851. The molecule has 2 aliphatic rings. The topological polar surface area (TPSA) is 66.7 Å². The Hall–Kier alpha value is -2.70. The minimum atomic E-state index is -0.275. The van der Waals surface area contributed by atoms with Gasteiger partial charge in [-0.05, 0) is 30.9 Å². The summed E-state index contributed by atoms with van der Waals surface area (Å²) in [5, 5.41) is 0. The summed E-state index contributed by atoms with van der Waals surface area (Å²) in [7, 11) is 0. The average Bonchev–Trinajstić information content (AvgIpc) is 3.38. The van der Waals surface area contributed by atoms with Crippen molar-refractivity contribution in [1.29, 1.82) is 0 Å². The highest BCUT2D eigenvalue weighted by atomic mass is 19.1. The van der Waals surface area contributed by atoms with Crippen LogP contribution in [-0.2, 0) is 16.0 Å². The summed E-state index contributed by atoms with van der Waals surface area (Å²) in [6.07, 6.45) is 4.91. The van der Waals surface area contributed by atoms with Gasteiger partial charge in [-0.2, -0.15) is 0 Å². The molecule has 1 aromatic carbocycles. The van der Waals surface area contributed by atoms with Gasteiger partial charge in [0.05, 0.1) is 12.7 Å². The first-order valence-electron chi connectivity index (χ1n) is 9.37. The van der Waals surface area contributed by atoms with Gasteiger partial charge in [0.1, 0.15) is 17.6 Å². The Kier molecular flexibility index (Phi) is 4.92. The number of halogens is 1. The van der Waals surface area contributed by atoms with Gasteiger partial charge in [0.25, 0.3) is 0 Å². The van der Waals surface area contributed by atoms with E-state index in [0.717, 1.165) is 19.3 Å². The maximum Gasteiger partial charge on any atom is 0.242 e. The molecule has 0 N–H and O–H groups in total. The molecule has 2 aromatic rings. The van der Waals surface area contributed by atoms with E-state index in [2.05, 4.69) is 4.98 Å². The second-order valence-corrected chi connectivity index (χ2v) is 7.10. The van der Waals surface area contributed by atoms with Gasteiger partial charge in [0, 0.05) is 25.9 Å². The van der Waals surface area contributed by atoms with Gasteiger partial charge in [0.15, 0.2) is 0 Å². The number of aromatic nitrogens is 1. The lowest BCUT2D eigenvalue weighted by atomic mass is 10.1. The first-order valence-corrected chi connectivity index (χ1v) is 9.37. The molecule has 27 heavy (non-hydrogen) atoms. The molecule has 0 bridgehead atoms. The zero-order valence-corrected chi connectivity index (χ0v) is 15.1. The van der Waals surface area contributed by atoms with Gasteiger partial charge in [-0.1, -0.05) is 18.2 Å². The lowest BCUT2D eigenvalue weighted by Crippen LogP contribution is -2.40. The summed E-state index contributed by atoms with van der Waals surface area (Å²) in [5.74, 6) is 0.761. The fraction of sp³-hybridized carbons (Fsp3) is 0.450. The number of hydrogen-bond acceptors (Lipinski definition) is 4. The fourth-order valence-corrected chi connectivity index (χ4v) is 3.84. The summed E-state index contributed by atoms with van der Waals surface area (Å²) in [6.45, 7) is 1.41. The summed E-state index contributed by atoms with van der Waals surface area (Å²) < 4.78 is 19.7. The summed E-state index contributed by atoms with van der Waals surface area (Å²) in [6, 6.07) is 6.36. The molecule has 1 aromatic heterocycles. The van der Waals surface area contributed by atoms with Crippen molar-refractivity contribution in [2.75, 3.05) is 19.6 Å². The molecule has 1 atom stereocenters. The molecule has 2 fully saturated rings. The molecule has 0 spiro atoms. The zero-order chi connectivity index (χ0) is 18.8. The van der Waals surface area contributed by atoms with Crippen molar-refractivity contribution in [1.82, 2.24) is 14.8 Å². The van der Waals surface area contributed by atoms with Gasteiger partial charge in [-0.15, -0.1) is 0 Å². The van der Waals surface area contributed by atoms with Crippen LogP contribution in [0.25, 0.3) is 0 Å². The number of nitrogens with zero attached hydrogens (tertiary/aromatic N) is 3. The van der Waals surface area contributed by atoms with Crippen LogP contribution in [0.1, 0.15) is 48.9 Å². The van der Waals surface area contributed by atoms with E-state index >= 15 is 0 Å². The van der Waals surface area contributed by atoms with Gasteiger partial charge >= 0.3 is 0 Å². The number of carbonyl (C=O) groups excluding carboxylic acids is 2. The van der Waals surface area contributed by atoms with Crippen LogP contribution in [0, 0.1) is 5.82 Å². The number of benzene rings is 1. The van der Waals surface area contributed by atoms with Crippen LogP contribution in [0.5, 0.6) is 0 Å². The van der Waals surface area contributed by atoms with Crippen molar-refractivity contribution >= 4 is 11.8 Å². The minimum absolute atomic E-state index is 0.0439. The van der Waals surface area contributed by atoms with Crippen molar-refractivity contribution in [3.8, 4) is 0 Å². The third-order valence-corrected chi connectivity index (χ3v) is 5.25. The lowest BCUT2D eigenvalue weighted by molar-refractivity contribution is -0.139. The second kappa shape index (κ2) is 7.50. The summed E-state index contributed by atoms with van der Waals surface area (Å²) in [4.78, 5) is 32.2. The molecular formula is C20H22FN3O3. The van der Waals surface area contributed by atoms with Gasteiger partial charge in [0.2, 0.25) is 17.7 Å². The molecule has 142 valence electrons. The molecule has 6 nitrogen and oxygen atoms in total. The molecule has 0 aliphatic carbocycles. The molecule has 2 saturated heterocycles. The Morgan fingerprint density at radius 2 is 2.11 bits per heavy atom. The Morgan fingerprint density at radius 1 is 1.26 bits per heavy atom. The number of likely N-dealkylation sites (tertiary alicyclic amines) is 2. The molecule has 0 saturated carbocycles. The lowest BCUT2D eigenvalue weighted by Gasteiger charge is -2.25. The maximum absolute atomic E-state index is 13.8. The summed E-state index contributed by atoms with van der Waals surface area (Å²) >= 11 is 0. The fourth-order valence-electron chi connectivity index (χ4n) is 3.84. The van der Waals surface area contributed by atoms with Gasteiger partial charge < -0.3 is 14.2 Å². The van der Waals surface area contributed by atoms with Crippen molar-refractivity contribution in [3.63, 3.8) is 0 Å². The van der Waals surface area contributed by atoms with E-state index in [0.29, 0.717) is 43.1 Å². The Balaban J connectivity index is 1.44. The van der Waals surface area contributed by atoms with Crippen LogP contribution in [-0.4, -0.2) is 46.2 Å². The number of hydrogen-bond donors (Lipinski definition) is 0. The first kappa shape index (κ1) is 17.7. The van der Waals surface area contributed by atoms with Crippen molar-refractivity contribution in [2.24, 2.45) is 0 Å². The van der Waals surface area contributed by atoms with Crippen LogP contribution in [0.4, 0.5) is 4.39 Å². The van der Waals surface area contributed by atoms with Gasteiger partial charge in [-0.25, -0.2) is 9.37 Å². The minimum Gasteiger partial charge on any atom is -0.443 e. The highest BCUT2D eigenvalue weighted by Crippen LogP contribution is 2.32. The molecule has 7 heteroatoms. The normalized spacial score (nSPS) is 19.9. The molecular weight excluding hydrogens is 349 g/mol. The van der Waals surface area contributed by atoms with Crippen LogP contribution in [0.15, 0.2) is 34.9 Å². The smallest absolute Gasteiger partial charge is 0.242 e. The van der Waals surface area contributed by atoms with Crippen LogP contribution < -0.4 is 0 Å². The van der Waals surface area contributed by atoms with E-state index in [-0.39, 0.29) is 30.2 Å². The molecule has 2 amide bonds. The largest absolute Gasteiger partial charge is 0.443 e. The molecule has 4 rings (SSSR count). The van der Waals surface area contributed by atoms with Gasteiger partial charge in [-0.3, -0.25) is 9.59 Å². The average molecular weight is 371 g/mol. The predicted molar refractivity (Wildman–Crippen MR) is 95.2 cm³/mol.